The largest absolute Gasteiger partial charge is 0.353 e. The molecule has 2 rings (SSSR count). The van der Waals surface area contributed by atoms with Gasteiger partial charge in [0.15, 0.2) is 0 Å². The van der Waals surface area contributed by atoms with Crippen molar-refractivity contribution in [1.29, 1.82) is 0 Å². The van der Waals surface area contributed by atoms with Crippen LogP contribution < -0.4 is 11.1 Å². The number of aromatic nitrogens is 4. The maximum atomic E-state index is 11.5. The van der Waals surface area contributed by atoms with Crippen molar-refractivity contribution in [1.82, 2.24) is 25.5 Å². The van der Waals surface area contributed by atoms with Crippen LogP contribution in [0.1, 0.15) is 5.56 Å². The summed E-state index contributed by atoms with van der Waals surface area (Å²) in [5.74, 6) is 0.324. The van der Waals surface area contributed by atoms with Crippen LogP contribution in [0.15, 0.2) is 24.3 Å². The number of carbonyl (C=O) groups is 1. The third kappa shape index (κ3) is 4.29. The van der Waals surface area contributed by atoms with Gasteiger partial charge in [-0.1, -0.05) is 29.8 Å². The lowest BCUT2D eigenvalue weighted by Gasteiger charge is -2.01. The van der Waals surface area contributed by atoms with Gasteiger partial charge in [-0.25, -0.2) is 0 Å². The van der Waals surface area contributed by atoms with E-state index in [0.29, 0.717) is 18.9 Å². The van der Waals surface area contributed by atoms with E-state index in [0.717, 1.165) is 11.1 Å². The third-order valence-electron chi connectivity index (χ3n) is 2.51. The van der Waals surface area contributed by atoms with E-state index in [-0.39, 0.29) is 24.9 Å². The highest BCUT2D eigenvalue weighted by Gasteiger charge is 2.08. The minimum atomic E-state index is -0.182. The second-order valence-electron chi connectivity index (χ2n) is 4.15. The minimum absolute atomic E-state index is 0. The molecule has 2 aromatic rings. The van der Waals surface area contributed by atoms with Gasteiger partial charge >= 0.3 is 0 Å². The fourth-order valence-corrected chi connectivity index (χ4v) is 1.52. The number of tetrazole rings is 1. The summed E-state index contributed by atoms with van der Waals surface area (Å²) in [6.45, 7) is 2.90. The Morgan fingerprint density at radius 2 is 2.05 bits per heavy atom. The number of nitrogens with zero attached hydrogens (tertiary/aromatic N) is 4. The van der Waals surface area contributed by atoms with Crippen molar-refractivity contribution in [3.8, 4) is 11.4 Å². The van der Waals surface area contributed by atoms with Gasteiger partial charge in [-0.3, -0.25) is 4.79 Å². The van der Waals surface area contributed by atoms with E-state index in [9.17, 15) is 4.79 Å². The number of carbonyl (C=O) groups excluding carboxylic acids is 1. The Hall–Kier alpha value is -1.99. The van der Waals surface area contributed by atoms with Crippen LogP contribution in [0.25, 0.3) is 11.4 Å². The molecule has 0 saturated heterocycles. The second kappa shape index (κ2) is 7.56. The molecule has 0 saturated carbocycles. The van der Waals surface area contributed by atoms with E-state index in [2.05, 4.69) is 20.7 Å². The summed E-state index contributed by atoms with van der Waals surface area (Å²) in [7, 11) is 0. The molecule has 0 unspecified atom stereocenters. The topological polar surface area (TPSA) is 98.7 Å². The SMILES string of the molecule is Cc1ccc(-c2nnn(CC(=O)NCCN)n2)cc1.Cl. The van der Waals surface area contributed by atoms with E-state index in [4.69, 9.17) is 5.73 Å². The summed E-state index contributed by atoms with van der Waals surface area (Å²) >= 11 is 0. The number of amides is 1. The molecule has 1 amide bonds. The molecule has 0 radical (unpaired) electrons. The Bertz CT molecular complexity index is 553. The fraction of sp³-hybridized carbons (Fsp3) is 0.333. The zero-order valence-corrected chi connectivity index (χ0v) is 11.9. The van der Waals surface area contributed by atoms with Gasteiger partial charge in [0.05, 0.1) is 0 Å². The van der Waals surface area contributed by atoms with E-state index in [1.807, 2.05) is 31.2 Å². The minimum Gasteiger partial charge on any atom is -0.353 e. The van der Waals surface area contributed by atoms with Crippen LogP contribution in [-0.4, -0.2) is 39.2 Å². The number of rotatable bonds is 5. The fourth-order valence-electron chi connectivity index (χ4n) is 1.52. The van der Waals surface area contributed by atoms with E-state index in [1.165, 1.54) is 4.80 Å². The van der Waals surface area contributed by atoms with Crippen molar-refractivity contribution < 1.29 is 4.79 Å². The van der Waals surface area contributed by atoms with Crippen LogP contribution in [0.4, 0.5) is 0 Å². The molecule has 1 heterocycles. The maximum absolute atomic E-state index is 11.5. The Morgan fingerprint density at radius 3 is 2.70 bits per heavy atom. The lowest BCUT2D eigenvalue weighted by atomic mass is 10.1. The third-order valence-corrected chi connectivity index (χ3v) is 2.51. The molecule has 1 aromatic carbocycles. The number of hydrogen-bond acceptors (Lipinski definition) is 5. The number of aryl methyl sites for hydroxylation is 1. The van der Waals surface area contributed by atoms with Crippen LogP contribution in [0, 0.1) is 6.92 Å². The quantitative estimate of drug-likeness (QED) is 0.818. The summed E-state index contributed by atoms with van der Waals surface area (Å²) in [6, 6.07) is 7.80. The van der Waals surface area contributed by atoms with Crippen molar-refractivity contribution in [2.45, 2.75) is 13.5 Å². The smallest absolute Gasteiger partial charge is 0.243 e. The number of nitrogens with two attached hydrogens (primary N) is 1. The normalized spacial score (nSPS) is 9.90. The monoisotopic (exact) mass is 296 g/mol. The van der Waals surface area contributed by atoms with Crippen LogP contribution in [0.5, 0.6) is 0 Å². The summed E-state index contributed by atoms with van der Waals surface area (Å²) in [4.78, 5) is 12.7. The van der Waals surface area contributed by atoms with E-state index in [1.54, 1.807) is 0 Å². The van der Waals surface area contributed by atoms with E-state index < -0.39 is 0 Å². The first-order valence-corrected chi connectivity index (χ1v) is 6.00. The van der Waals surface area contributed by atoms with Crippen molar-refractivity contribution in [3.63, 3.8) is 0 Å². The van der Waals surface area contributed by atoms with Gasteiger partial charge in [0.2, 0.25) is 11.7 Å². The molecule has 3 N–H and O–H groups in total. The molecular weight excluding hydrogens is 280 g/mol. The lowest BCUT2D eigenvalue weighted by molar-refractivity contribution is -0.122. The van der Waals surface area contributed by atoms with Gasteiger partial charge in [-0.15, -0.1) is 22.6 Å². The summed E-state index contributed by atoms with van der Waals surface area (Å²) in [5.41, 5.74) is 7.34. The molecule has 0 bridgehead atoms. The molecule has 0 aliphatic carbocycles. The van der Waals surface area contributed by atoms with Gasteiger partial charge in [0, 0.05) is 18.7 Å². The molecular formula is C12H17ClN6O. The van der Waals surface area contributed by atoms with Crippen molar-refractivity contribution in [3.05, 3.63) is 29.8 Å². The molecule has 108 valence electrons. The molecule has 8 heteroatoms. The molecule has 0 spiro atoms. The molecule has 0 aliphatic rings. The molecule has 7 nitrogen and oxygen atoms in total. The summed E-state index contributed by atoms with van der Waals surface area (Å²) in [5, 5.41) is 14.6. The number of benzene rings is 1. The Kier molecular flexibility index (Phi) is 6.08. The number of hydrogen-bond donors (Lipinski definition) is 2. The maximum Gasteiger partial charge on any atom is 0.243 e. The average Bonchev–Trinajstić information content (AvgIpc) is 2.85. The molecule has 0 fully saturated rings. The van der Waals surface area contributed by atoms with Gasteiger partial charge in [0.1, 0.15) is 6.54 Å². The lowest BCUT2D eigenvalue weighted by Crippen LogP contribution is -2.32. The van der Waals surface area contributed by atoms with Crippen molar-refractivity contribution in [2.24, 2.45) is 5.73 Å². The van der Waals surface area contributed by atoms with Crippen LogP contribution in [-0.2, 0) is 11.3 Å². The highest BCUT2D eigenvalue weighted by molar-refractivity contribution is 5.85. The first-order valence-electron chi connectivity index (χ1n) is 6.00. The predicted molar refractivity (Wildman–Crippen MR) is 77.3 cm³/mol. The molecule has 0 aliphatic heterocycles. The van der Waals surface area contributed by atoms with Gasteiger partial charge < -0.3 is 11.1 Å². The number of nitrogens with one attached hydrogen (secondary N) is 1. The highest BCUT2D eigenvalue weighted by Crippen LogP contribution is 2.13. The van der Waals surface area contributed by atoms with Gasteiger partial charge in [0.25, 0.3) is 0 Å². The molecule has 1 aromatic heterocycles. The Labute approximate surface area is 123 Å². The number of halogens is 1. The van der Waals surface area contributed by atoms with Crippen LogP contribution in [0.3, 0.4) is 0 Å². The first-order chi connectivity index (χ1) is 9.19. The van der Waals surface area contributed by atoms with Crippen molar-refractivity contribution >= 4 is 18.3 Å². The standard InChI is InChI=1S/C12H16N6O.ClH/c1-9-2-4-10(5-3-9)12-15-17-18(16-12)8-11(19)14-7-6-13;/h2-5H,6-8,13H2,1H3,(H,14,19);1H. The van der Waals surface area contributed by atoms with Gasteiger partial charge in [-0.2, -0.15) is 4.80 Å². The molecule has 20 heavy (non-hydrogen) atoms. The highest BCUT2D eigenvalue weighted by atomic mass is 35.5. The van der Waals surface area contributed by atoms with Gasteiger partial charge in [-0.05, 0) is 12.1 Å². The van der Waals surface area contributed by atoms with Crippen LogP contribution in [0.2, 0.25) is 0 Å². The average molecular weight is 297 g/mol. The summed E-state index contributed by atoms with van der Waals surface area (Å²) in [6.07, 6.45) is 0. The zero-order chi connectivity index (χ0) is 13.7. The second-order valence-corrected chi connectivity index (χ2v) is 4.15. The predicted octanol–water partition coefficient (Wildman–Crippen LogP) is 0.145. The Morgan fingerprint density at radius 1 is 1.35 bits per heavy atom. The van der Waals surface area contributed by atoms with Crippen LogP contribution >= 0.6 is 12.4 Å². The zero-order valence-electron chi connectivity index (χ0n) is 11.1. The van der Waals surface area contributed by atoms with Crippen molar-refractivity contribution in [2.75, 3.05) is 13.1 Å². The molecule has 0 atom stereocenters. The summed E-state index contributed by atoms with van der Waals surface area (Å²) < 4.78 is 0. The van der Waals surface area contributed by atoms with E-state index >= 15 is 0 Å². The Balaban J connectivity index is 0.00000200. The first kappa shape index (κ1) is 16.1.